The third-order valence-electron chi connectivity index (χ3n) is 2.31. The van der Waals surface area contributed by atoms with E-state index in [1.54, 1.807) is 31.4 Å². The normalized spacial score (nSPS) is 10.5. The van der Waals surface area contributed by atoms with Gasteiger partial charge in [-0.3, -0.25) is 4.79 Å². The van der Waals surface area contributed by atoms with Gasteiger partial charge in [-0.2, -0.15) is 0 Å². The second-order valence-electron chi connectivity index (χ2n) is 3.62. The maximum absolute atomic E-state index is 11.7. The van der Waals surface area contributed by atoms with Crippen LogP contribution in [0.3, 0.4) is 0 Å². The van der Waals surface area contributed by atoms with Gasteiger partial charge in [0, 0.05) is 11.6 Å². The minimum absolute atomic E-state index is 0.0656. The van der Waals surface area contributed by atoms with E-state index < -0.39 is 0 Å². The van der Waals surface area contributed by atoms with Crippen molar-refractivity contribution in [2.24, 2.45) is 0 Å². The average molecular weight is 234 g/mol. The van der Waals surface area contributed by atoms with Gasteiger partial charge in [-0.15, -0.1) is 0 Å². The summed E-state index contributed by atoms with van der Waals surface area (Å²) in [6, 6.07) is 6.99. The van der Waals surface area contributed by atoms with Crippen molar-refractivity contribution < 1.29 is 14.3 Å². The predicted molar refractivity (Wildman–Crippen MR) is 67.3 cm³/mol. The lowest BCUT2D eigenvalue weighted by Gasteiger charge is -2.00. The van der Waals surface area contributed by atoms with Crippen LogP contribution < -0.4 is 4.74 Å². The lowest BCUT2D eigenvalue weighted by Crippen LogP contribution is -1.95. The Morgan fingerprint density at radius 2 is 2.00 bits per heavy atom. The van der Waals surface area contributed by atoms with Crippen LogP contribution in [-0.4, -0.2) is 19.5 Å². The van der Waals surface area contributed by atoms with Crippen LogP contribution >= 0.6 is 0 Å². The molecule has 0 aliphatic carbocycles. The summed E-state index contributed by atoms with van der Waals surface area (Å²) in [4.78, 5) is 11.7. The summed E-state index contributed by atoms with van der Waals surface area (Å²) in [5.41, 5.74) is 0.626. The van der Waals surface area contributed by atoms with E-state index >= 15 is 0 Å². The monoisotopic (exact) mass is 234 g/mol. The van der Waals surface area contributed by atoms with Gasteiger partial charge in [-0.25, -0.2) is 0 Å². The van der Waals surface area contributed by atoms with E-state index in [2.05, 4.69) is 6.92 Å². The van der Waals surface area contributed by atoms with Gasteiger partial charge in [0.2, 0.25) is 0 Å². The lowest BCUT2D eigenvalue weighted by atomic mass is 10.1. The Morgan fingerprint density at radius 1 is 1.29 bits per heavy atom. The third kappa shape index (κ3) is 4.72. The highest BCUT2D eigenvalue weighted by molar-refractivity contribution is 6.04. The summed E-state index contributed by atoms with van der Waals surface area (Å²) in [7, 11) is 1.60. The molecule has 1 rings (SSSR count). The molecule has 0 saturated heterocycles. The van der Waals surface area contributed by atoms with Gasteiger partial charge in [0.15, 0.2) is 5.78 Å². The first-order chi connectivity index (χ1) is 8.27. The molecule has 0 amide bonds. The Labute approximate surface area is 102 Å². The summed E-state index contributed by atoms with van der Waals surface area (Å²) in [6.45, 7) is 2.75. The van der Waals surface area contributed by atoms with Crippen LogP contribution in [0.2, 0.25) is 0 Å². The van der Waals surface area contributed by atoms with E-state index in [0.717, 1.165) is 18.6 Å². The molecule has 0 fully saturated rings. The van der Waals surface area contributed by atoms with Crippen LogP contribution in [0.5, 0.6) is 5.75 Å². The number of rotatable bonds is 7. The number of carbonyl (C=O) groups is 1. The fourth-order valence-corrected chi connectivity index (χ4v) is 1.26. The fraction of sp³-hybridized carbons (Fsp3) is 0.357. The van der Waals surface area contributed by atoms with Crippen molar-refractivity contribution in [3.63, 3.8) is 0 Å². The van der Waals surface area contributed by atoms with Gasteiger partial charge in [0.1, 0.15) is 5.75 Å². The Balaban J connectivity index is 2.46. The highest BCUT2D eigenvalue weighted by Crippen LogP contribution is 2.11. The summed E-state index contributed by atoms with van der Waals surface area (Å²) >= 11 is 0. The lowest BCUT2D eigenvalue weighted by molar-refractivity contribution is 0.104. The van der Waals surface area contributed by atoms with Crippen LogP contribution in [0.15, 0.2) is 36.6 Å². The summed E-state index contributed by atoms with van der Waals surface area (Å²) in [5.74, 6) is 0.675. The van der Waals surface area contributed by atoms with Crippen LogP contribution in [-0.2, 0) is 4.74 Å². The summed E-state index contributed by atoms with van der Waals surface area (Å²) < 4.78 is 10.2. The van der Waals surface area contributed by atoms with Gasteiger partial charge in [-0.05, 0) is 30.7 Å². The van der Waals surface area contributed by atoms with Crippen molar-refractivity contribution in [1.29, 1.82) is 0 Å². The van der Waals surface area contributed by atoms with Crippen molar-refractivity contribution in [2.45, 2.75) is 19.8 Å². The SMILES string of the molecule is CCCCO/C=C/C(=O)c1ccc(OC)cc1. The number of hydrogen-bond acceptors (Lipinski definition) is 3. The van der Waals surface area contributed by atoms with Crippen LogP contribution in [0.25, 0.3) is 0 Å². The fourth-order valence-electron chi connectivity index (χ4n) is 1.26. The number of benzene rings is 1. The number of unbranched alkanes of at least 4 members (excludes halogenated alkanes) is 1. The minimum atomic E-state index is -0.0656. The van der Waals surface area contributed by atoms with E-state index in [1.165, 1.54) is 12.3 Å². The Kier molecular flexibility index (Phi) is 5.86. The second-order valence-corrected chi connectivity index (χ2v) is 3.62. The molecule has 0 aliphatic heterocycles. The molecule has 0 aromatic heterocycles. The number of ether oxygens (including phenoxy) is 2. The standard InChI is InChI=1S/C14H18O3/c1-3-4-10-17-11-9-14(15)12-5-7-13(16-2)8-6-12/h5-9,11H,3-4,10H2,1-2H3/b11-9+. The molecule has 0 saturated carbocycles. The molecular formula is C14H18O3. The number of methoxy groups -OCH3 is 1. The highest BCUT2D eigenvalue weighted by atomic mass is 16.5. The Morgan fingerprint density at radius 3 is 2.59 bits per heavy atom. The van der Waals surface area contributed by atoms with Crippen LogP contribution in [0, 0.1) is 0 Å². The Bertz CT molecular complexity index is 366. The van der Waals surface area contributed by atoms with Gasteiger partial charge >= 0.3 is 0 Å². The summed E-state index contributed by atoms with van der Waals surface area (Å²) in [5, 5.41) is 0. The molecule has 0 bridgehead atoms. The third-order valence-corrected chi connectivity index (χ3v) is 2.31. The first-order valence-corrected chi connectivity index (χ1v) is 5.74. The number of carbonyl (C=O) groups excluding carboxylic acids is 1. The van der Waals surface area contributed by atoms with Gasteiger partial charge < -0.3 is 9.47 Å². The predicted octanol–water partition coefficient (Wildman–Crippen LogP) is 3.21. The molecule has 0 radical (unpaired) electrons. The number of allylic oxidation sites excluding steroid dienone is 1. The molecule has 0 heterocycles. The molecule has 0 unspecified atom stereocenters. The van der Waals surface area contributed by atoms with Gasteiger partial charge in [0.25, 0.3) is 0 Å². The van der Waals surface area contributed by atoms with E-state index in [1.807, 2.05) is 0 Å². The van der Waals surface area contributed by atoms with E-state index in [9.17, 15) is 4.79 Å². The van der Waals surface area contributed by atoms with Crippen LogP contribution in [0.4, 0.5) is 0 Å². The zero-order chi connectivity index (χ0) is 12.5. The second kappa shape index (κ2) is 7.49. The average Bonchev–Trinajstić information content (AvgIpc) is 2.38. The Hall–Kier alpha value is -1.77. The molecule has 0 atom stereocenters. The smallest absolute Gasteiger partial charge is 0.188 e. The molecule has 92 valence electrons. The zero-order valence-corrected chi connectivity index (χ0v) is 10.3. The molecule has 0 N–H and O–H groups in total. The highest BCUT2D eigenvalue weighted by Gasteiger charge is 2.01. The molecule has 17 heavy (non-hydrogen) atoms. The van der Waals surface area contributed by atoms with Crippen molar-refractivity contribution in [3.8, 4) is 5.75 Å². The molecule has 0 aliphatic rings. The summed E-state index contributed by atoms with van der Waals surface area (Å²) in [6.07, 6.45) is 4.99. The topological polar surface area (TPSA) is 35.5 Å². The molecule has 3 nitrogen and oxygen atoms in total. The first-order valence-electron chi connectivity index (χ1n) is 5.74. The minimum Gasteiger partial charge on any atom is -0.501 e. The van der Waals surface area contributed by atoms with Crippen LogP contribution in [0.1, 0.15) is 30.1 Å². The maximum atomic E-state index is 11.7. The largest absolute Gasteiger partial charge is 0.501 e. The molecule has 1 aromatic carbocycles. The maximum Gasteiger partial charge on any atom is 0.188 e. The van der Waals surface area contributed by atoms with Crippen molar-refractivity contribution in [1.82, 2.24) is 0 Å². The zero-order valence-electron chi connectivity index (χ0n) is 10.3. The van der Waals surface area contributed by atoms with Crippen molar-refractivity contribution in [2.75, 3.05) is 13.7 Å². The number of hydrogen-bond donors (Lipinski definition) is 0. The van der Waals surface area contributed by atoms with Gasteiger partial charge in [0.05, 0.1) is 20.0 Å². The first kappa shape index (κ1) is 13.3. The molecule has 0 spiro atoms. The quantitative estimate of drug-likeness (QED) is 0.314. The van der Waals surface area contributed by atoms with Crippen molar-refractivity contribution >= 4 is 5.78 Å². The van der Waals surface area contributed by atoms with Crippen molar-refractivity contribution in [3.05, 3.63) is 42.2 Å². The molecule has 3 heteroatoms. The van der Waals surface area contributed by atoms with E-state index in [0.29, 0.717) is 12.2 Å². The van der Waals surface area contributed by atoms with E-state index in [-0.39, 0.29) is 5.78 Å². The van der Waals surface area contributed by atoms with E-state index in [4.69, 9.17) is 9.47 Å². The van der Waals surface area contributed by atoms with Gasteiger partial charge in [-0.1, -0.05) is 13.3 Å². The number of ketones is 1. The molecule has 1 aromatic rings. The molecular weight excluding hydrogens is 216 g/mol.